The number of thiazole rings is 1. The van der Waals surface area contributed by atoms with Crippen LogP contribution in [-0.4, -0.2) is 36.9 Å². The number of thioether (sulfide) groups is 1. The average molecular weight is 310 g/mol. The third-order valence-electron chi connectivity index (χ3n) is 2.64. The van der Waals surface area contributed by atoms with Crippen LogP contribution in [0, 0.1) is 0 Å². The molecule has 0 bridgehead atoms. The van der Waals surface area contributed by atoms with Crippen molar-refractivity contribution >= 4 is 39.2 Å². The molecule has 0 saturated carbocycles. The van der Waals surface area contributed by atoms with Crippen molar-refractivity contribution in [1.29, 1.82) is 0 Å². The Balaban J connectivity index is 1.68. The van der Waals surface area contributed by atoms with Gasteiger partial charge in [0, 0.05) is 26.0 Å². The molecule has 0 saturated heterocycles. The number of methoxy groups -OCH3 is 1. The van der Waals surface area contributed by atoms with E-state index in [9.17, 15) is 4.79 Å². The fourth-order valence-electron chi connectivity index (χ4n) is 1.71. The summed E-state index contributed by atoms with van der Waals surface area (Å²) < 4.78 is 6.13. The summed E-state index contributed by atoms with van der Waals surface area (Å²) in [5, 5.41) is 3.95. The molecule has 1 N–H and O–H groups in total. The Labute approximate surface area is 126 Å². The van der Waals surface area contributed by atoms with Gasteiger partial charge in [0.2, 0.25) is 5.91 Å². The standard InChI is InChI=1S/C14H18N2O2S2/c1-18-8-4-7-15-13(17)9-19-10-14-16-11-5-2-3-6-12(11)20-14/h2-3,5-6H,4,7-10H2,1H3,(H,15,17). The van der Waals surface area contributed by atoms with Crippen molar-refractivity contribution in [2.24, 2.45) is 0 Å². The van der Waals surface area contributed by atoms with Crippen molar-refractivity contribution in [2.75, 3.05) is 26.0 Å². The molecule has 1 aromatic carbocycles. The average Bonchev–Trinajstić information content (AvgIpc) is 2.86. The Morgan fingerprint density at radius 1 is 1.45 bits per heavy atom. The number of benzene rings is 1. The van der Waals surface area contributed by atoms with Crippen LogP contribution in [0.4, 0.5) is 0 Å². The summed E-state index contributed by atoms with van der Waals surface area (Å²) in [6, 6.07) is 8.10. The Morgan fingerprint density at radius 2 is 2.30 bits per heavy atom. The largest absolute Gasteiger partial charge is 0.385 e. The molecule has 108 valence electrons. The van der Waals surface area contributed by atoms with Crippen LogP contribution in [0.1, 0.15) is 11.4 Å². The first-order valence-electron chi connectivity index (χ1n) is 6.47. The van der Waals surface area contributed by atoms with Gasteiger partial charge in [-0.25, -0.2) is 4.98 Å². The molecule has 2 aromatic rings. The molecule has 0 spiro atoms. The van der Waals surface area contributed by atoms with Gasteiger partial charge in [-0.2, -0.15) is 0 Å². The fourth-order valence-corrected chi connectivity index (χ4v) is 3.59. The zero-order valence-corrected chi connectivity index (χ0v) is 13.1. The molecule has 0 aliphatic carbocycles. The molecule has 20 heavy (non-hydrogen) atoms. The normalized spacial score (nSPS) is 10.8. The third kappa shape index (κ3) is 4.77. The molecule has 6 heteroatoms. The number of rotatable bonds is 8. The first kappa shape index (κ1) is 15.3. The van der Waals surface area contributed by atoms with Crippen molar-refractivity contribution in [3.05, 3.63) is 29.3 Å². The van der Waals surface area contributed by atoms with Gasteiger partial charge in [-0.15, -0.1) is 23.1 Å². The summed E-state index contributed by atoms with van der Waals surface area (Å²) in [6.07, 6.45) is 0.852. The van der Waals surface area contributed by atoms with Gasteiger partial charge in [0.1, 0.15) is 5.01 Å². The van der Waals surface area contributed by atoms with Crippen LogP contribution < -0.4 is 5.32 Å². The van der Waals surface area contributed by atoms with E-state index in [4.69, 9.17) is 4.74 Å². The van der Waals surface area contributed by atoms with E-state index < -0.39 is 0 Å². The molecular weight excluding hydrogens is 292 g/mol. The number of nitrogens with zero attached hydrogens (tertiary/aromatic N) is 1. The zero-order valence-electron chi connectivity index (χ0n) is 11.4. The lowest BCUT2D eigenvalue weighted by Crippen LogP contribution is -2.26. The Kier molecular flexibility index (Phi) is 6.29. The van der Waals surface area contributed by atoms with Crippen LogP contribution in [0.25, 0.3) is 10.2 Å². The number of carbonyl (C=O) groups is 1. The Morgan fingerprint density at radius 3 is 3.10 bits per heavy atom. The molecule has 0 unspecified atom stereocenters. The third-order valence-corrected chi connectivity index (χ3v) is 4.81. The number of hydrogen-bond acceptors (Lipinski definition) is 5. The summed E-state index contributed by atoms with van der Waals surface area (Å²) in [6.45, 7) is 1.35. The van der Waals surface area contributed by atoms with E-state index >= 15 is 0 Å². The second-order valence-corrected chi connectivity index (χ2v) is 6.37. The maximum Gasteiger partial charge on any atom is 0.230 e. The highest BCUT2D eigenvalue weighted by molar-refractivity contribution is 7.99. The maximum absolute atomic E-state index is 11.6. The SMILES string of the molecule is COCCCNC(=O)CSCc1nc2ccccc2s1. The number of amides is 1. The zero-order chi connectivity index (χ0) is 14.2. The summed E-state index contributed by atoms with van der Waals surface area (Å²) in [4.78, 5) is 16.1. The topological polar surface area (TPSA) is 51.2 Å². The van der Waals surface area contributed by atoms with Crippen molar-refractivity contribution in [3.63, 3.8) is 0 Å². The van der Waals surface area contributed by atoms with Crippen molar-refractivity contribution < 1.29 is 9.53 Å². The molecule has 1 amide bonds. The quantitative estimate of drug-likeness (QED) is 0.762. The van der Waals surface area contributed by atoms with E-state index in [-0.39, 0.29) is 5.91 Å². The number of hydrogen-bond donors (Lipinski definition) is 1. The summed E-state index contributed by atoms with van der Waals surface area (Å²) >= 11 is 3.29. The summed E-state index contributed by atoms with van der Waals surface area (Å²) in [5.41, 5.74) is 1.04. The summed E-state index contributed by atoms with van der Waals surface area (Å²) in [5.74, 6) is 1.33. The predicted molar refractivity (Wildman–Crippen MR) is 85.3 cm³/mol. The van der Waals surface area contributed by atoms with E-state index in [0.717, 1.165) is 22.7 Å². The predicted octanol–water partition coefficient (Wildman–Crippen LogP) is 2.68. The highest BCUT2D eigenvalue weighted by Gasteiger charge is 2.05. The first-order valence-corrected chi connectivity index (χ1v) is 8.44. The number of ether oxygens (including phenoxy) is 1. The fraction of sp³-hybridized carbons (Fsp3) is 0.429. The molecule has 1 heterocycles. The van der Waals surface area contributed by atoms with Gasteiger partial charge in [-0.05, 0) is 18.6 Å². The second-order valence-electron chi connectivity index (χ2n) is 4.26. The molecule has 1 aromatic heterocycles. The summed E-state index contributed by atoms with van der Waals surface area (Å²) in [7, 11) is 1.66. The van der Waals surface area contributed by atoms with Crippen LogP contribution in [0.5, 0.6) is 0 Å². The molecule has 0 radical (unpaired) electrons. The number of aromatic nitrogens is 1. The van der Waals surface area contributed by atoms with Crippen molar-refractivity contribution in [1.82, 2.24) is 10.3 Å². The monoisotopic (exact) mass is 310 g/mol. The lowest BCUT2D eigenvalue weighted by Gasteiger charge is -2.03. The van der Waals surface area contributed by atoms with Gasteiger partial charge in [0.05, 0.1) is 16.0 Å². The van der Waals surface area contributed by atoms with Gasteiger partial charge in [0.25, 0.3) is 0 Å². The van der Waals surface area contributed by atoms with Gasteiger partial charge in [0.15, 0.2) is 0 Å². The minimum Gasteiger partial charge on any atom is -0.385 e. The molecule has 0 aliphatic rings. The van der Waals surface area contributed by atoms with E-state index in [1.54, 1.807) is 30.2 Å². The van der Waals surface area contributed by atoms with Crippen molar-refractivity contribution in [3.8, 4) is 0 Å². The lowest BCUT2D eigenvalue weighted by atomic mass is 10.3. The molecule has 4 nitrogen and oxygen atoms in total. The van der Waals surface area contributed by atoms with E-state index in [2.05, 4.69) is 16.4 Å². The molecule has 0 fully saturated rings. The minimum atomic E-state index is 0.0761. The first-order chi connectivity index (χ1) is 9.79. The molecular formula is C14H18N2O2S2. The Hall–Kier alpha value is -1.11. The van der Waals surface area contributed by atoms with Crippen LogP contribution in [-0.2, 0) is 15.3 Å². The molecule has 0 atom stereocenters. The highest BCUT2D eigenvalue weighted by Crippen LogP contribution is 2.24. The van der Waals surface area contributed by atoms with Crippen LogP contribution >= 0.6 is 23.1 Å². The van der Waals surface area contributed by atoms with Crippen LogP contribution in [0.15, 0.2) is 24.3 Å². The number of nitrogens with one attached hydrogen (secondary N) is 1. The number of fused-ring (bicyclic) bond motifs is 1. The van der Waals surface area contributed by atoms with Gasteiger partial charge in [-0.1, -0.05) is 12.1 Å². The van der Waals surface area contributed by atoms with Gasteiger partial charge < -0.3 is 10.1 Å². The Bertz CT molecular complexity index is 524. The van der Waals surface area contributed by atoms with E-state index in [1.165, 1.54) is 4.70 Å². The van der Waals surface area contributed by atoms with Crippen LogP contribution in [0.3, 0.4) is 0 Å². The van der Waals surface area contributed by atoms with Gasteiger partial charge >= 0.3 is 0 Å². The van der Waals surface area contributed by atoms with E-state index in [1.807, 2.05) is 18.2 Å². The number of carbonyl (C=O) groups excluding carboxylic acids is 1. The maximum atomic E-state index is 11.6. The van der Waals surface area contributed by atoms with Crippen molar-refractivity contribution in [2.45, 2.75) is 12.2 Å². The molecule has 0 aliphatic heterocycles. The van der Waals surface area contributed by atoms with Crippen LogP contribution in [0.2, 0.25) is 0 Å². The molecule has 2 rings (SSSR count). The van der Waals surface area contributed by atoms with E-state index in [0.29, 0.717) is 18.9 Å². The number of para-hydroxylation sites is 1. The second kappa shape index (κ2) is 8.24. The lowest BCUT2D eigenvalue weighted by molar-refractivity contribution is -0.118. The minimum absolute atomic E-state index is 0.0761. The highest BCUT2D eigenvalue weighted by atomic mass is 32.2. The van der Waals surface area contributed by atoms with Gasteiger partial charge in [-0.3, -0.25) is 4.79 Å². The smallest absolute Gasteiger partial charge is 0.230 e.